The number of rotatable bonds is 44. The third kappa shape index (κ3) is 42.3. The van der Waals surface area contributed by atoms with Gasteiger partial charge in [-0.3, -0.25) is 13.8 Å². The summed E-state index contributed by atoms with van der Waals surface area (Å²) in [5.74, 6) is -0.383. The fourth-order valence-corrected chi connectivity index (χ4v) is 7.16. The molecule has 0 fully saturated rings. The van der Waals surface area contributed by atoms with Gasteiger partial charge in [-0.15, -0.1) is 0 Å². The number of allylic oxidation sites excluding steroid dienone is 6. The van der Waals surface area contributed by atoms with E-state index in [0.717, 1.165) is 64.2 Å². The fraction of sp³-hybridized carbons (Fsp3) is 0.848. The SMILES string of the molecule is CC/C=C\C/C=C\C/C=C\CCCCCCCCCCOCC(COP(=O)(O)OCC(O)CO)OC(=O)CCCCCCCCCCCCCCCCCCC. The van der Waals surface area contributed by atoms with Crippen molar-refractivity contribution in [3.05, 3.63) is 36.5 Å². The number of aliphatic hydroxyl groups excluding tert-OH is 2. The minimum atomic E-state index is -4.52. The van der Waals surface area contributed by atoms with Crippen molar-refractivity contribution in [2.45, 2.75) is 219 Å². The summed E-state index contributed by atoms with van der Waals surface area (Å²) < 4.78 is 33.4. The second-order valence-corrected chi connectivity index (χ2v) is 16.9. The number of aliphatic hydroxyl groups is 2. The molecule has 9 nitrogen and oxygen atoms in total. The Morgan fingerprint density at radius 2 is 1.02 bits per heavy atom. The van der Waals surface area contributed by atoms with E-state index in [1.165, 1.54) is 122 Å². The van der Waals surface area contributed by atoms with Gasteiger partial charge in [0.15, 0.2) is 0 Å². The number of hydrogen-bond acceptors (Lipinski definition) is 8. The summed E-state index contributed by atoms with van der Waals surface area (Å²) in [6, 6.07) is 0. The number of carbonyl (C=O) groups is 1. The molecule has 0 aromatic rings. The van der Waals surface area contributed by atoms with Crippen molar-refractivity contribution >= 4 is 13.8 Å². The molecular weight excluding hydrogens is 727 g/mol. The molecule has 0 aliphatic rings. The molecule has 0 aliphatic heterocycles. The molecule has 3 atom stereocenters. The lowest BCUT2D eigenvalue weighted by Crippen LogP contribution is -2.29. The second-order valence-electron chi connectivity index (χ2n) is 15.4. The molecule has 330 valence electrons. The Bertz CT molecular complexity index is 970. The largest absolute Gasteiger partial charge is 0.472 e. The van der Waals surface area contributed by atoms with Gasteiger partial charge >= 0.3 is 13.8 Å². The molecule has 0 amide bonds. The number of hydrogen-bond donors (Lipinski definition) is 3. The highest BCUT2D eigenvalue weighted by Crippen LogP contribution is 2.43. The Hall–Kier alpha value is -1.32. The second kappa shape index (κ2) is 43.3. The molecule has 0 spiro atoms. The zero-order valence-corrected chi connectivity index (χ0v) is 37.0. The van der Waals surface area contributed by atoms with E-state index < -0.39 is 33.2 Å². The third-order valence-corrected chi connectivity index (χ3v) is 10.8. The summed E-state index contributed by atoms with van der Waals surface area (Å²) in [4.78, 5) is 22.6. The van der Waals surface area contributed by atoms with Crippen LogP contribution in [0.5, 0.6) is 0 Å². The molecule has 0 aliphatic carbocycles. The van der Waals surface area contributed by atoms with E-state index in [0.29, 0.717) is 6.61 Å². The van der Waals surface area contributed by atoms with Crippen molar-refractivity contribution < 1.29 is 43.0 Å². The van der Waals surface area contributed by atoms with Crippen LogP contribution in [-0.4, -0.2) is 66.3 Å². The number of phosphoric acid groups is 1. The first-order chi connectivity index (χ1) is 27.3. The highest BCUT2D eigenvalue weighted by atomic mass is 31.2. The number of unbranched alkanes of at least 4 members (excludes halogenated alkanes) is 24. The Morgan fingerprint density at radius 1 is 0.571 bits per heavy atom. The smallest absolute Gasteiger partial charge is 0.457 e. The van der Waals surface area contributed by atoms with Crippen molar-refractivity contribution in [3.63, 3.8) is 0 Å². The van der Waals surface area contributed by atoms with Crippen molar-refractivity contribution in [2.24, 2.45) is 0 Å². The summed E-state index contributed by atoms with van der Waals surface area (Å²) in [5.41, 5.74) is 0. The van der Waals surface area contributed by atoms with E-state index in [1.54, 1.807) is 0 Å². The summed E-state index contributed by atoms with van der Waals surface area (Å²) in [5, 5.41) is 18.4. The molecule has 0 saturated carbocycles. The summed E-state index contributed by atoms with van der Waals surface area (Å²) >= 11 is 0. The normalized spacial score (nSPS) is 14.3. The summed E-state index contributed by atoms with van der Waals surface area (Å²) in [6.07, 6.45) is 46.7. The number of phosphoric ester groups is 1. The van der Waals surface area contributed by atoms with Crippen LogP contribution in [0, 0.1) is 0 Å². The average molecular weight is 815 g/mol. The third-order valence-electron chi connectivity index (χ3n) is 9.84. The van der Waals surface area contributed by atoms with Crippen LogP contribution in [0.2, 0.25) is 0 Å². The maximum absolute atomic E-state index is 12.6. The first-order valence-corrected chi connectivity index (χ1v) is 24.5. The molecule has 3 N–H and O–H groups in total. The lowest BCUT2D eigenvalue weighted by atomic mass is 10.0. The minimum Gasteiger partial charge on any atom is -0.457 e. The number of esters is 1. The van der Waals surface area contributed by atoms with Crippen LogP contribution in [0.25, 0.3) is 0 Å². The predicted octanol–water partition coefficient (Wildman–Crippen LogP) is 12.8. The molecule has 0 bridgehead atoms. The monoisotopic (exact) mass is 815 g/mol. The molecule has 3 unspecified atom stereocenters. The first kappa shape index (κ1) is 54.7. The van der Waals surface area contributed by atoms with Gasteiger partial charge in [0, 0.05) is 13.0 Å². The molecule has 0 radical (unpaired) electrons. The first-order valence-electron chi connectivity index (χ1n) is 23.0. The molecule has 0 aromatic heterocycles. The maximum atomic E-state index is 12.6. The fourth-order valence-electron chi connectivity index (χ4n) is 6.37. The molecular formula is C46H87O9P. The van der Waals surface area contributed by atoms with Gasteiger partial charge in [0.1, 0.15) is 12.2 Å². The van der Waals surface area contributed by atoms with Crippen LogP contribution in [0.4, 0.5) is 0 Å². The Morgan fingerprint density at radius 3 is 1.54 bits per heavy atom. The minimum absolute atomic E-state index is 0.0467. The van der Waals surface area contributed by atoms with Crippen LogP contribution in [0.3, 0.4) is 0 Å². The maximum Gasteiger partial charge on any atom is 0.472 e. The molecule has 0 rings (SSSR count). The van der Waals surface area contributed by atoms with E-state index in [-0.39, 0.29) is 25.6 Å². The van der Waals surface area contributed by atoms with E-state index in [2.05, 4.69) is 50.3 Å². The van der Waals surface area contributed by atoms with Crippen LogP contribution in [0.1, 0.15) is 206 Å². The lowest BCUT2D eigenvalue weighted by molar-refractivity contribution is -0.154. The topological polar surface area (TPSA) is 132 Å². The van der Waals surface area contributed by atoms with Gasteiger partial charge in [0.25, 0.3) is 0 Å². The van der Waals surface area contributed by atoms with Crippen molar-refractivity contribution in [1.29, 1.82) is 0 Å². The number of ether oxygens (including phenoxy) is 2. The molecule has 0 heterocycles. The highest BCUT2D eigenvalue weighted by Gasteiger charge is 2.26. The standard InChI is InChI=1S/C46H87O9P/c1-3-5-7-9-11-13-15-17-19-21-23-25-27-29-31-33-35-37-39-52-42-45(43-54-56(50,51)53-41-44(48)40-47)55-46(49)38-36-34-32-30-28-26-24-22-20-18-16-14-12-10-8-6-4-2/h5,7,11,13,17,19,44-45,47-48H,3-4,6,8-10,12,14-16,18,20-43H2,1-2H3,(H,50,51)/b7-5-,13-11-,19-17-. The van der Waals surface area contributed by atoms with Crippen LogP contribution in [0.15, 0.2) is 36.5 Å². The van der Waals surface area contributed by atoms with Gasteiger partial charge in [-0.25, -0.2) is 4.57 Å². The average Bonchev–Trinajstić information content (AvgIpc) is 3.19. The predicted molar refractivity (Wildman–Crippen MR) is 233 cm³/mol. The van der Waals surface area contributed by atoms with Gasteiger partial charge in [-0.2, -0.15) is 0 Å². The van der Waals surface area contributed by atoms with Crippen molar-refractivity contribution in [3.8, 4) is 0 Å². The van der Waals surface area contributed by atoms with Gasteiger partial charge in [0.2, 0.25) is 0 Å². The summed E-state index contributed by atoms with van der Waals surface area (Å²) in [6.45, 7) is 3.42. The van der Waals surface area contributed by atoms with E-state index in [9.17, 15) is 19.4 Å². The van der Waals surface area contributed by atoms with Crippen LogP contribution < -0.4 is 0 Å². The number of carbonyl (C=O) groups excluding carboxylic acids is 1. The van der Waals surface area contributed by atoms with Gasteiger partial charge in [-0.1, -0.05) is 192 Å². The van der Waals surface area contributed by atoms with Crippen LogP contribution in [-0.2, 0) is 27.9 Å². The molecule has 56 heavy (non-hydrogen) atoms. The lowest BCUT2D eigenvalue weighted by Gasteiger charge is -2.20. The van der Waals surface area contributed by atoms with E-state index in [4.69, 9.17) is 23.6 Å². The van der Waals surface area contributed by atoms with Gasteiger partial charge in [0.05, 0.1) is 26.4 Å². The van der Waals surface area contributed by atoms with Crippen molar-refractivity contribution in [1.82, 2.24) is 0 Å². The molecule has 10 heteroatoms. The quantitative estimate of drug-likeness (QED) is 0.0238. The van der Waals surface area contributed by atoms with Crippen LogP contribution >= 0.6 is 7.82 Å². The molecule has 0 saturated heterocycles. The Kier molecular flexibility index (Phi) is 42.2. The Balaban J connectivity index is 4.13. The molecule has 0 aromatic carbocycles. The van der Waals surface area contributed by atoms with Gasteiger partial charge in [-0.05, 0) is 44.9 Å². The van der Waals surface area contributed by atoms with E-state index >= 15 is 0 Å². The Labute approximate surface area is 344 Å². The van der Waals surface area contributed by atoms with Crippen molar-refractivity contribution in [2.75, 3.05) is 33.0 Å². The van der Waals surface area contributed by atoms with Gasteiger partial charge < -0.3 is 24.6 Å². The zero-order valence-electron chi connectivity index (χ0n) is 36.1. The summed E-state index contributed by atoms with van der Waals surface area (Å²) in [7, 11) is -4.52. The zero-order chi connectivity index (χ0) is 41.1. The highest BCUT2D eigenvalue weighted by molar-refractivity contribution is 7.47. The van der Waals surface area contributed by atoms with E-state index in [1.807, 2.05) is 0 Å².